The van der Waals surface area contributed by atoms with E-state index in [1.54, 1.807) is 12.3 Å². The molecule has 4 nitrogen and oxygen atoms in total. The summed E-state index contributed by atoms with van der Waals surface area (Å²) in [5, 5.41) is 0.118. The predicted molar refractivity (Wildman–Crippen MR) is 95.2 cm³/mol. The van der Waals surface area contributed by atoms with Crippen LogP contribution in [0.4, 0.5) is 4.39 Å². The van der Waals surface area contributed by atoms with Crippen molar-refractivity contribution in [1.29, 1.82) is 0 Å². The monoisotopic (exact) mass is 405 g/mol. The number of alkyl halides is 1. The first kappa shape index (κ1) is 18.8. The van der Waals surface area contributed by atoms with Gasteiger partial charge in [0.05, 0.1) is 25.4 Å². The third-order valence-corrected chi connectivity index (χ3v) is 9.77. The van der Waals surface area contributed by atoms with Crippen LogP contribution in [-0.4, -0.2) is 32.7 Å². The average Bonchev–Trinajstić information content (AvgIpc) is 2.38. The van der Waals surface area contributed by atoms with Crippen molar-refractivity contribution in [3.05, 3.63) is 32.7 Å². The van der Waals surface area contributed by atoms with Gasteiger partial charge in [-0.05, 0) is 40.1 Å². The SMILES string of the molecule is CC(C)(C)[Si](C)(C)OCCn1cc(Br)cc(C2(F)COC2)c1=O. The lowest BCUT2D eigenvalue weighted by atomic mass is 9.95. The van der Waals surface area contributed by atoms with Crippen molar-refractivity contribution in [2.45, 2.75) is 51.1 Å². The maximum Gasteiger partial charge on any atom is 0.257 e. The van der Waals surface area contributed by atoms with Crippen LogP contribution in [-0.2, 0) is 21.4 Å². The lowest BCUT2D eigenvalue weighted by Crippen LogP contribution is -2.47. The summed E-state index contributed by atoms with van der Waals surface area (Å²) in [4.78, 5) is 12.5. The number of nitrogens with zero attached hydrogens (tertiary/aromatic N) is 1. The molecule has 0 aliphatic carbocycles. The fraction of sp³-hybridized carbons (Fsp3) is 0.688. The number of hydrogen-bond donors (Lipinski definition) is 0. The number of pyridine rings is 1. The normalized spacial score (nSPS) is 17.9. The molecule has 0 atom stereocenters. The van der Waals surface area contributed by atoms with E-state index in [1.165, 1.54) is 4.57 Å². The number of rotatable bonds is 5. The highest BCUT2D eigenvalue weighted by molar-refractivity contribution is 9.10. The largest absolute Gasteiger partial charge is 0.415 e. The van der Waals surface area contributed by atoms with Gasteiger partial charge in [-0.2, -0.15) is 0 Å². The second-order valence-electron chi connectivity index (χ2n) is 7.64. The smallest absolute Gasteiger partial charge is 0.257 e. The zero-order valence-electron chi connectivity index (χ0n) is 14.4. The Morgan fingerprint density at radius 1 is 1.43 bits per heavy atom. The lowest BCUT2D eigenvalue weighted by Gasteiger charge is -2.36. The van der Waals surface area contributed by atoms with E-state index in [0.29, 0.717) is 17.6 Å². The van der Waals surface area contributed by atoms with Crippen molar-refractivity contribution in [2.75, 3.05) is 19.8 Å². The quantitative estimate of drug-likeness (QED) is 0.698. The Bertz CT molecular complexity index is 635. The van der Waals surface area contributed by atoms with E-state index in [-0.39, 0.29) is 29.4 Å². The fourth-order valence-electron chi connectivity index (χ4n) is 2.14. The molecule has 1 saturated heterocycles. The van der Waals surface area contributed by atoms with Crippen LogP contribution in [0.3, 0.4) is 0 Å². The Labute approximate surface area is 146 Å². The Morgan fingerprint density at radius 3 is 2.52 bits per heavy atom. The summed E-state index contributed by atoms with van der Waals surface area (Å²) >= 11 is 3.36. The summed E-state index contributed by atoms with van der Waals surface area (Å²) in [5.41, 5.74) is -1.81. The third kappa shape index (κ3) is 3.95. The number of halogens is 2. The number of ether oxygens (including phenoxy) is 1. The van der Waals surface area contributed by atoms with Gasteiger partial charge < -0.3 is 13.7 Å². The molecule has 0 unspecified atom stereocenters. The van der Waals surface area contributed by atoms with Gasteiger partial charge in [-0.15, -0.1) is 0 Å². The Kier molecular flexibility index (Phi) is 5.26. The Balaban J connectivity index is 2.14. The Morgan fingerprint density at radius 2 is 2.04 bits per heavy atom. The van der Waals surface area contributed by atoms with E-state index >= 15 is 0 Å². The first-order valence-electron chi connectivity index (χ1n) is 7.77. The minimum Gasteiger partial charge on any atom is -0.415 e. The molecule has 2 heterocycles. The molecule has 130 valence electrons. The van der Waals surface area contributed by atoms with Gasteiger partial charge in [-0.1, -0.05) is 20.8 Å². The number of aromatic nitrogens is 1. The third-order valence-electron chi connectivity index (χ3n) is 4.80. The lowest BCUT2D eigenvalue weighted by molar-refractivity contribution is -0.136. The summed E-state index contributed by atoms with van der Waals surface area (Å²) < 4.78 is 27.8. The summed E-state index contributed by atoms with van der Waals surface area (Å²) in [6, 6.07) is 1.55. The summed E-state index contributed by atoms with van der Waals surface area (Å²) in [6.07, 6.45) is 1.68. The molecule has 1 aliphatic heterocycles. The Hall–Kier alpha value is -0.503. The zero-order chi connectivity index (χ0) is 17.5. The van der Waals surface area contributed by atoms with Gasteiger partial charge >= 0.3 is 0 Å². The van der Waals surface area contributed by atoms with E-state index in [2.05, 4.69) is 49.8 Å². The molecule has 0 radical (unpaired) electrons. The maximum atomic E-state index is 14.5. The van der Waals surface area contributed by atoms with Crippen molar-refractivity contribution in [2.24, 2.45) is 0 Å². The summed E-state index contributed by atoms with van der Waals surface area (Å²) in [5.74, 6) is 0. The van der Waals surface area contributed by atoms with Crippen LogP contribution < -0.4 is 5.56 Å². The van der Waals surface area contributed by atoms with Crippen LogP contribution in [0.2, 0.25) is 18.1 Å². The first-order chi connectivity index (χ1) is 10.5. The van der Waals surface area contributed by atoms with Crippen LogP contribution in [0.5, 0.6) is 0 Å². The first-order valence-corrected chi connectivity index (χ1v) is 11.5. The van der Waals surface area contributed by atoms with Crippen molar-refractivity contribution < 1.29 is 13.6 Å². The molecular weight excluding hydrogens is 381 g/mol. The second-order valence-corrected chi connectivity index (χ2v) is 13.4. The second kappa shape index (κ2) is 6.42. The molecule has 0 spiro atoms. The molecular formula is C16H25BrFNO3Si. The van der Waals surface area contributed by atoms with Crippen molar-refractivity contribution >= 4 is 24.2 Å². The van der Waals surface area contributed by atoms with Gasteiger partial charge in [0.1, 0.15) is 0 Å². The minimum atomic E-state index is -1.86. The van der Waals surface area contributed by atoms with Gasteiger partial charge in [0.2, 0.25) is 0 Å². The van der Waals surface area contributed by atoms with Crippen LogP contribution in [0.15, 0.2) is 21.5 Å². The molecule has 23 heavy (non-hydrogen) atoms. The molecule has 2 rings (SSSR count). The highest BCUT2D eigenvalue weighted by Gasteiger charge is 2.43. The molecule has 0 saturated carbocycles. The topological polar surface area (TPSA) is 40.5 Å². The van der Waals surface area contributed by atoms with E-state index in [9.17, 15) is 9.18 Å². The summed E-state index contributed by atoms with van der Waals surface area (Å²) in [6.45, 7) is 11.6. The standard InChI is InChI=1S/C16H25BrFNO3Si/c1-15(2,3)23(4,5)22-7-6-19-9-12(17)8-13(14(19)20)16(18)10-21-11-16/h8-9H,6-7,10-11H2,1-5H3. The van der Waals surface area contributed by atoms with E-state index in [1.807, 2.05) is 0 Å². The molecule has 1 aliphatic rings. The maximum absolute atomic E-state index is 14.5. The van der Waals surface area contributed by atoms with Gasteiger partial charge in [0.15, 0.2) is 14.0 Å². The van der Waals surface area contributed by atoms with Crippen LogP contribution >= 0.6 is 15.9 Å². The summed E-state index contributed by atoms with van der Waals surface area (Å²) in [7, 11) is -1.86. The van der Waals surface area contributed by atoms with Gasteiger partial charge in [0, 0.05) is 17.2 Å². The van der Waals surface area contributed by atoms with Crippen LogP contribution in [0, 0.1) is 0 Å². The van der Waals surface area contributed by atoms with Crippen LogP contribution in [0.25, 0.3) is 0 Å². The minimum absolute atomic E-state index is 0.0564. The predicted octanol–water partition coefficient (Wildman–Crippen LogP) is 3.83. The zero-order valence-corrected chi connectivity index (χ0v) is 17.0. The highest BCUT2D eigenvalue weighted by atomic mass is 79.9. The fourth-order valence-corrected chi connectivity index (χ4v) is 3.65. The molecule has 0 N–H and O–H groups in total. The molecule has 1 fully saturated rings. The average molecular weight is 406 g/mol. The van der Waals surface area contributed by atoms with E-state index < -0.39 is 14.0 Å². The molecule has 1 aromatic heterocycles. The van der Waals surface area contributed by atoms with Gasteiger partial charge in [-0.3, -0.25) is 4.79 Å². The molecule has 7 heteroatoms. The van der Waals surface area contributed by atoms with Crippen molar-refractivity contribution in [3.63, 3.8) is 0 Å². The van der Waals surface area contributed by atoms with Gasteiger partial charge in [-0.25, -0.2) is 4.39 Å². The van der Waals surface area contributed by atoms with Crippen molar-refractivity contribution in [3.8, 4) is 0 Å². The molecule has 0 aromatic carbocycles. The van der Waals surface area contributed by atoms with Crippen LogP contribution in [0.1, 0.15) is 26.3 Å². The molecule has 1 aromatic rings. The molecule has 0 bridgehead atoms. The van der Waals surface area contributed by atoms with E-state index in [0.717, 1.165) is 0 Å². The highest BCUT2D eigenvalue weighted by Crippen LogP contribution is 2.36. The van der Waals surface area contributed by atoms with E-state index in [4.69, 9.17) is 9.16 Å². The molecule has 0 amide bonds. The van der Waals surface area contributed by atoms with Gasteiger partial charge in [0.25, 0.3) is 5.56 Å². The van der Waals surface area contributed by atoms with Crippen molar-refractivity contribution in [1.82, 2.24) is 4.57 Å². The number of hydrogen-bond acceptors (Lipinski definition) is 3.